The third-order valence-corrected chi connectivity index (χ3v) is 0.837. The molecule has 0 aliphatic heterocycles. The van der Waals surface area contributed by atoms with Crippen molar-refractivity contribution in [2.45, 2.75) is 6.61 Å². The molecule has 3 heteroatoms. The van der Waals surface area contributed by atoms with Crippen LogP contribution in [0.5, 0.6) is 0 Å². The van der Waals surface area contributed by atoms with E-state index in [0.717, 1.165) is 5.56 Å². The molecule has 0 aliphatic rings. The second kappa shape index (κ2) is 5.04. The molecule has 1 aromatic heterocycles. The first-order chi connectivity index (χ1) is 3.93. The Morgan fingerprint density at radius 1 is 1.67 bits per heavy atom. The van der Waals surface area contributed by atoms with Crippen LogP contribution in [0.25, 0.3) is 0 Å². The van der Waals surface area contributed by atoms with Crippen LogP contribution < -0.4 is 0 Å². The van der Waals surface area contributed by atoms with E-state index in [1.807, 2.05) is 0 Å². The van der Waals surface area contributed by atoms with E-state index in [1.54, 1.807) is 18.3 Å². The maximum absolute atomic E-state index is 8.47. The van der Waals surface area contributed by atoms with Crippen molar-refractivity contribution in [1.29, 1.82) is 0 Å². The van der Waals surface area contributed by atoms with Gasteiger partial charge < -0.3 is 10.1 Å². The zero-order valence-electron chi connectivity index (χ0n) is 4.91. The van der Waals surface area contributed by atoms with E-state index in [-0.39, 0.29) is 39.3 Å². The fraction of sp³-hybridized carbons (Fsp3) is 0.167. The summed E-state index contributed by atoms with van der Waals surface area (Å²) in [6.45, 7) is 0.0217. The van der Waals surface area contributed by atoms with Crippen LogP contribution in [-0.4, -0.2) is 10.1 Å². The van der Waals surface area contributed by atoms with E-state index in [0.29, 0.717) is 0 Å². The van der Waals surface area contributed by atoms with Gasteiger partial charge in [0.15, 0.2) is 0 Å². The van der Waals surface area contributed by atoms with Gasteiger partial charge in [-0.15, -0.1) is 5.56 Å². The van der Waals surface area contributed by atoms with Crippen molar-refractivity contribution in [2.75, 3.05) is 0 Å². The summed E-state index contributed by atoms with van der Waals surface area (Å²) in [6, 6.07) is 3.54. The molecule has 0 saturated heterocycles. The quantitative estimate of drug-likeness (QED) is 0.660. The summed E-state index contributed by atoms with van der Waals surface area (Å²) in [4.78, 5) is 3.67. The van der Waals surface area contributed by atoms with E-state index in [4.69, 9.17) is 5.11 Å². The van der Waals surface area contributed by atoms with E-state index in [1.165, 1.54) is 0 Å². The van der Waals surface area contributed by atoms with Crippen molar-refractivity contribution in [2.24, 2.45) is 0 Å². The number of rotatable bonds is 1. The Hall–Kier alpha value is 0.214. The SMILES string of the molecule is OCc1[c-]nccc1.[Y]. The molecule has 1 N–H and O–H groups in total. The largest absolute Gasteiger partial charge is 0.394 e. The molecular formula is C6H6NOY-. The minimum absolute atomic E-state index is 0. The zero-order chi connectivity index (χ0) is 5.82. The Bertz CT molecular complexity index is 154. The van der Waals surface area contributed by atoms with Crippen LogP contribution in [0.1, 0.15) is 5.56 Å². The van der Waals surface area contributed by atoms with Gasteiger partial charge in [-0.05, 0) is 0 Å². The molecule has 2 nitrogen and oxygen atoms in total. The third kappa shape index (κ3) is 3.04. The first kappa shape index (κ1) is 9.21. The summed E-state index contributed by atoms with van der Waals surface area (Å²) < 4.78 is 0. The number of aromatic nitrogens is 1. The predicted molar refractivity (Wildman–Crippen MR) is 29.0 cm³/mol. The summed E-state index contributed by atoms with van der Waals surface area (Å²) in [6.07, 6.45) is 4.24. The zero-order valence-corrected chi connectivity index (χ0v) is 7.75. The minimum Gasteiger partial charge on any atom is -0.394 e. The Balaban J connectivity index is 0.000000640. The van der Waals surface area contributed by atoms with Gasteiger partial charge in [-0.1, -0.05) is 12.4 Å². The van der Waals surface area contributed by atoms with E-state index >= 15 is 0 Å². The molecule has 9 heavy (non-hydrogen) atoms. The summed E-state index contributed by atoms with van der Waals surface area (Å²) in [5, 5.41) is 8.47. The molecule has 1 aromatic rings. The van der Waals surface area contributed by atoms with Gasteiger partial charge in [0.1, 0.15) is 0 Å². The molecule has 0 aromatic carbocycles. The van der Waals surface area contributed by atoms with Crippen LogP contribution in [0.4, 0.5) is 0 Å². The summed E-state index contributed by atoms with van der Waals surface area (Å²) in [5.74, 6) is 0. The normalized spacial score (nSPS) is 8.11. The summed E-state index contributed by atoms with van der Waals surface area (Å²) in [7, 11) is 0. The number of hydrogen-bond donors (Lipinski definition) is 1. The van der Waals surface area contributed by atoms with Crippen LogP contribution in [0, 0.1) is 6.20 Å². The van der Waals surface area contributed by atoms with Gasteiger partial charge in [-0.3, -0.25) is 0 Å². The number of pyridine rings is 1. The Morgan fingerprint density at radius 2 is 2.44 bits per heavy atom. The molecule has 0 aliphatic carbocycles. The van der Waals surface area contributed by atoms with Crippen LogP contribution >= 0.6 is 0 Å². The van der Waals surface area contributed by atoms with Gasteiger partial charge in [0.05, 0.1) is 0 Å². The fourth-order valence-corrected chi connectivity index (χ4v) is 0.448. The van der Waals surface area contributed by atoms with Gasteiger partial charge >= 0.3 is 0 Å². The van der Waals surface area contributed by atoms with Crippen molar-refractivity contribution in [3.8, 4) is 0 Å². The van der Waals surface area contributed by atoms with Gasteiger partial charge in [0.25, 0.3) is 0 Å². The number of hydrogen-bond acceptors (Lipinski definition) is 2. The van der Waals surface area contributed by atoms with Crippen LogP contribution in [0.15, 0.2) is 18.3 Å². The van der Waals surface area contributed by atoms with E-state index in [9.17, 15) is 0 Å². The first-order valence-electron chi connectivity index (χ1n) is 2.36. The summed E-state index contributed by atoms with van der Waals surface area (Å²) >= 11 is 0. The third-order valence-electron chi connectivity index (χ3n) is 0.837. The van der Waals surface area contributed by atoms with Crippen molar-refractivity contribution in [1.82, 2.24) is 4.98 Å². The smallest absolute Gasteiger partial charge is 0.0471 e. The number of aliphatic hydroxyl groups is 1. The minimum atomic E-state index is 0. The molecule has 1 heterocycles. The van der Waals surface area contributed by atoms with Gasteiger partial charge in [0.2, 0.25) is 0 Å². The van der Waals surface area contributed by atoms with Crippen LogP contribution in [-0.2, 0) is 39.3 Å². The second-order valence-corrected chi connectivity index (χ2v) is 1.43. The van der Waals surface area contributed by atoms with Crippen molar-refractivity contribution in [3.63, 3.8) is 0 Å². The van der Waals surface area contributed by atoms with Crippen molar-refractivity contribution >= 4 is 0 Å². The molecule has 0 fully saturated rings. The molecule has 0 bridgehead atoms. The maximum atomic E-state index is 8.47. The fourth-order valence-electron chi connectivity index (χ4n) is 0.448. The Kier molecular flexibility index (Phi) is 5.15. The van der Waals surface area contributed by atoms with Gasteiger partial charge in [-0.2, -0.15) is 12.1 Å². The molecular weight excluding hydrogens is 191 g/mol. The standard InChI is InChI=1S/C6H6NO.Y/c8-5-6-2-1-3-7-4-6;/h1-3,8H,5H2;/q-1;. The van der Waals surface area contributed by atoms with E-state index < -0.39 is 0 Å². The molecule has 45 valence electrons. The summed E-state index contributed by atoms with van der Waals surface area (Å²) in [5.41, 5.74) is 0.729. The average molecular weight is 197 g/mol. The van der Waals surface area contributed by atoms with Crippen molar-refractivity contribution < 1.29 is 37.8 Å². The topological polar surface area (TPSA) is 33.1 Å². The van der Waals surface area contributed by atoms with Crippen LogP contribution in [0.3, 0.4) is 0 Å². The Morgan fingerprint density at radius 3 is 2.78 bits per heavy atom. The number of aliphatic hydroxyl groups excluding tert-OH is 1. The molecule has 0 spiro atoms. The van der Waals surface area contributed by atoms with E-state index in [2.05, 4.69) is 11.2 Å². The first-order valence-corrected chi connectivity index (χ1v) is 2.36. The molecule has 1 rings (SSSR count). The predicted octanol–water partition coefficient (Wildman–Crippen LogP) is 0.372. The molecule has 0 amide bonds. The second-order valence-electron chi connectivity index (χ2n) is 1.43. The van der Waals surface area contributed by atoms with Crippen LogP contribution in [0.2, 0.25) is 0 Å². The maximum Gasteiger partial charge on any atom is 0.0471 e. The molecule has 0 saturated carbocycles. The number of nitrogens with zero attached hydrogens (tertiary/aromatic N) is 1. The van der Waals surface area contributed by atoms with Gasteiger partial charge in [0, 0.05) is 39.3 Å². The molecule has 0 atom stereocenters. The molecule has 0 unspecified atom stereocenters. The Labute approximate surface area is 79.2 Å². The molecule has 1 radical (unpaired) electrons. The van der Waals surface area contributed by atoms with Gasteiger partial charge in [-0.25, -0.2) is 0 Å². The average Bonchev–Trinajstić information content (AvgIpc) is 1.90. The van der Waals surface area contributed by atoms with Crippen molar-refractivity contribution in [3.05, 3.63) is 30.1 Å². The monoisotopic (exact) mass is 197 g/mol.